The van der Waals surface area contributed by atoms with E-state index in [1.807, 2.05) is 0 Å². The summed E-state index contributed by atoms with van der Waals surface area (Å²) in [5, 5.41) is 2.15. The summed E-state index contributed by atoms with van der Waals surface area (Å²) in [5.41, 5.74) is -0.420. The Bertz CT molecular complexity index is 584. The Hall–Kier alpha value is -1.82. The summed E-state index contributed by atoms with van der Waals surface area (Å²) in [4.78, 5) is 15.6. The van der Waals surface area contributed by atoms with Crippen LogP contribution in [0.1, 0.15) is 10.5 Å². The highest BCUT2D eigenvalue weighted by Gasteiger charge is 2.14. The van der Waals surface area contributed by atoms with Crippen LogP contribution in [0.2, 0.25) is 0 Å². The Balaban J connectivity index is 2.27. The van der Waals surface area contributed by atoms with Crippen molar-refractivity contribution in [2.45, 2.75) is 0 Å². The maximum absolute atomic E-state index is 13.3. The van der Waals surface area contributed by atoms with Crippen LogP contribution in [-0.4, -0.2) is 10.9 Å². The van der Waals surface area contributed by atoms with E-state index in [-0.39, 0.29) is 5.69 Å². The molecule has 0 aliphatic heterocycles. The molecular weight excluding hydrogens is 306 g/mol. The molecule has 0 aliphatic carbocycles. The van der Waals surface area contributed by atoms with Gasteiger partial charge in [0.15, 0.2) is 0 Å². The van der Waals surface area contributed by atoms with Crippen LogP contribution in [0.4, 0.5) is 14.5 Å². The van der Waals surface area contributed by atoms with E-state index in [1.165, 1.54) is 12.1 Å². The van der Waals surface area contributed by atoms with Crippen molar-refractivity contribution < 1.29 is 13.6 Å². The second-order valence-electron chi connectivity index (χ2n) is 3.40. The Labute approximate surface area is 110 Å². The summed E-state index contributed by atoms with van der Waals surface area (Å²) in [7, 11) is 0. The largest absolute Gasteiger partial charge is 0.316 e. The fourth-order valence-electron chi connectivity index (χ4n) is 1.33. The number of aromatic nitrogens is 1. The average molecular weight is 313 g/mol. The Morgan fingerprint density at radius 1 is 1.11 bits per heavy atom. The molecule has 6 heteroatoms. The predicted molar refractivity (Wildman–Crippen MR) is 66.2 cm³/mol. The van der Waals surface area contributed by atoms with Gasteiger partial charge in [-0.25, -0.2) is 13.8 Å². The molecule has 0 bridgehead atoms. The molecule has 0 radical (unpaired) electrons. The van der Waals surface area contributed by atoms with Gasteiger partial charge in [0.25, 0.3) is 5.91 Å². The SMILES string of the molecule is O=C(Nc1c(F)cccc1F)c1cccc(Br)n1. The van der Waals surface area contributed by atoms with Crippen LogP contribution in [-0.2, 0) is 0 Å². The Morgan fingerprint density at radius 3 is 2.33 bits per heavy atom. The highest BCUT2D eigenvalue weighted by Crippen LogP contribution is 2.18. The highest BCUT2D eigenvalue weighted by molar-refractivity contribution is 9.10. The lowest BCUT2D eigenvalue weighted by Crippen LogP contribution is -2.15. The first-order valence-electron chi connectivity index (χ1n) is 4.96. The predicted octanol–water partition coefficient (Wildman–Crippen LogP) is 3.37. The molecule has 2 aromatic rings. The van der Waals surface area contributed by atoms with Crippen LogP contribution in [0.15, 0.2) is 41.0 Å². The van der Waals surface area contributed by atoms with E-state index in [4.69, 9.17) is 0 Å². The van der Waals surface area contributed by atoms with Gasteiger partial charge in [0, 0.05) is 0 Å². The Morgan fingerprint density at radius 2 is 1.72 bits per heavy atom. The number of benzene rings is 1. The number of anilines is 1. The summed E-state index contributed by atoms with van der Waals surface area (Å²) >= 11 is 3.11. The molecule has 1 heterocycles. The zero-order valence-corrected chi connectivity index (χ0v) is 10.5. The smallest absolute Gasteiger partial charge is 0.274 e. The number of nitrogens with one attached hydrogen (secondary N) is 1. The fraction of sp³-hybridized carbons (Fsp3) is 0. The number of pyridine rings is 1. The van der Waals surface area contributed by atoms with Crippen molar-refractivity contribution in [3.05, 3.63) is 58.3 Å². The maximum Gasteiger partial charge on any atom is 0.274 e. The molecule has 0 fully saturated rings. The van der Waals surface area contributed by atoms with E-state index in [0.717, 1.165) is 12.1 Å². The lowest BCUT2D eigenvalue weighted by molar-refractivity contribution is 0.102. The van der Waals surface area contributed by atoms with E-state index >= 15 is 0 Å². The Kier molecular flexibility index (Phi) is 3.66. The number of nitrogens with zero attached hydrogens (tertiary/aromatic N) is 1. The molecule has 0 spiro atoms. The number of hydrogen-bond donors (Lipinski definition) is 1. The van der Waals surface area contributed by atoms with E-state index in [1.54, 1.807) is 12.1 Å². The molecule has 0 atom stereocenters. The molecular formula is C12H7BrF2N2O. The number of hydrogen-bond acceptors (Lipinski definition) is 2. The minimum absolute atomic E-state index is 0.0621. The highest BCUT2D eigenvalue weighted by atomic mass is 79.9. The lowest BCUT2D eigenvalue weighted by atomic mass is 10.2. The normalized spacial score (nSPS) is 10.2. The number of halogens is 3. The van der Waals surface area contributed by atoms with Gasteiger partial charge in [-0.3, -0.25) is 4.79 Å². The zero-order chi connectivity index (χ0) is 13.1. The molecule has 1 aromatic carbocycles. The van der Waals surface area contributed by atoms with Gasteiger partial charge in [0.2, 0.25) is 0 Å². The third-order valence-corrected chi connectivity index (χ3v) is 2.59. The van der Waals surface area contributed by atoms with Gasteiger partial charge in [-0.05, 0) is 40.2 Å². The average Bonchev–Trinajstić information content (AvgIpc) is 2.34. The lowest BCUT2D eigenvalue weighted by Gasteiger charge is -2.06. The van der Waals surface area contributed by atoms with Crippen molar-refractivity contribution in [2.24, 2.45) is 0 Å². The first kappa shape index (κ1) is 12.6. The molecule has 2 rings (SSSR count). The van der Waals surface area contributed by atoms with Crippen molar-refractivity contribution in [1.82, 2.24) is 4.98 Å². The van der Waals surface area contributed by atoms with Crippen LogP contribution >= 0.6 is 15.9 Å². The molecule has 0 saturated carbocycles. The number of amides is 1. The fourth-order valence-corrected chi connectivity index (χ4v) is 1.67. The van der Waals surface area contributed by atoms with Gasteiger partial charge in [0.1, 0.15) is 27.6 Å². The molecule has 3 nitrogen and oxygen atoms in total. The second kappa shape index (κ2) is 5.22. The topological polar surface area (TPSA) is 42.0 Å². The van der Waals surface area contributed by atoms with Crippen molar-refractivity contribution in [1.29, 1.82) is 0 Å². The van der Waals surface area contributed by atoms with Crippen molar-refractivity contribution >= 4 is 27.5 Å². The maximum atomic E-state index is 13.3. The van der Waals surface area contributed by atoms with Crippen molar-refractivity contribution in [2.75, 3.05) is 5.32 Å². The number of rotatable bonds is 2. The summed E-state index contributed by atoms with van der Waals surface area (Å²) in [5.74, 6) is -2.35. The summed E-state index contributed by atoms with van der Waals surface area (Å²) in [6.45, 7) is 0. The minimum Gasteiger partial charge on any atom is -0.316 e. The first-order valence-corrected chi connectivity index (χ1v) is 5.75. The molecule has 1 amide bonds. The third-order valence-electron chi connectivity index (χ3n) is 2.15. The van der Waals surface area contributed by atoms with Crippen molar-refractivity contribution in [3.8, 4) is 0 Å². The summed E-state index contributed by atoms with van der Waals surface area (Å²) in [6.07, 6.45) is 0. The molecule has 0 aliphatic rings. The van der Waals surface area contributed by atoms with Gasteiger partial charge in [-0.15, -0.1) is 0 Å². The van der Waals surface area contributed by atoms with Crippen LogP contribution in [0.3, 0.4) is 0 Å². The number of carbonyl (C=O) groups is 1. The van der Waals surface area contributed by atoms with Gasteiger partial charge < -0.3 is 5.32 Å². The standard InChI is InChI=1S/C12H7BrF2N2O/c13-10-6-2-5-9(16-10)12(18)17-11-7(14)3-1-4-8(11)15/h1-6H,(H,17,18). The zero-order valence-electron chi connectivity index (χ0n) is 8.95. The quantitative estimate of drug-likeness (QED) is 0.864. The second-order valence-corrected chi connectivity index (χ2v) is 4.21. The van der Waals surface area contributed by atoms with Crippen molar-refractivity contribution in [3.63, 3.8) is 0 Å². The molecule has 0 saturated heterocycles. The van der Waals surface area contributed by atoms with E-state index in [9.17, 15) is 13.6 Å². The molecule has 0 unspecified atom stereocenters. The van der Waals surface area contributed by atoms with E-state index in [0.29, 0.717) is 4.60 Å². The van der Waals surface area contributed by atoms with Gasteiger partial charge in [0.05, 0.1) is 0 Å². The van der Waals surface area contributed by atoms with Crippen LogP contribution in [0.5, 0.6) is 0 Å². The minimum atomic E-state index is -0.835. The monoisotopic (exact) mass is 312 g/mol. The molecule has 92 valence electrons. The number of para-hydroxylation sites is 1. The van der Waals surface area contributed by atoms with Gasteiger partial charge in [-0.2, -0.15) is 0 Å². The van der Waals surface area contributed by atoms with E-state index < -0.39 is 23.2 Å². The first-order chi connectivity index (χ1) is 8.58. The summed E-state index contributed by atoms with van der Waals surface area (Å²) < 4.78 is 27.1. The van der Waals surface area contributed by atoms with Crippen LogP contribution < -0.4 is 5.32 Å². The summed E-state index contributed by atoms with van der Waals surface area (Å²) in [6, 6.07) is 8.03. The van der Waals surface area contributed by atoms with E-state index in [2.05, 4.69) is 26.2 Å². The molecule has 18 heavy (non-hydrogen) atoms. The third kappa shape index (κ3) is 2.70. The van der Waals surface area contributed by atoms with Gasteiger partial charge in [-0.1, -0.05) is 12.1 Å². The number of carbonyl (C=O) groups excluding carboxylic acids is 1. The molecule has 1 aromatic heterocycles. The van der Waals surface area contributed by atoms with Gasteiger partial charge >= 0.3 is 0 Å². The molecule has 1 N–H and O–H groups in total. The van der Waals surface area contributed by atoms with Crippen LogP contribution in [0.25, 0.3) is 0 Å². The van der Waals surface area contributed by atoms with Crippen LogP contribution in [0, 0.1) is 11.6 Å².